The third kappa shape index (κ3) is 4.68. The molecule has 1 saturated heterocycles. The van der Waals surface area contributed by atoms with Gasteiger partial charge in [0.25, 0.3) is 5.91 Å². The molecule has 178 valence electrons. The topological polar surface area (TPSA) is 101 Å². The van der Waals surface area contributed by atoms with E-state index >= 15 is 0 Å². The van der Waals surface area contributed by atoms with Crippen molar-refractivity contribution in [2.45, 2.75) is 51.9 Å². The van der Waals surface area contributed by atoms with Crippen molar-refractivity contribution in [3.05, 3.63) is 65.9 Å². The number of aromatic nitrogens is 1. The van der Waals surface area contributed by atoms with Crippen LogP contribution in [0.15, 0.2) is 54.7 Å². The zero-order valence-corrected chi connectivity index (χ0v) is 19.6. The first kappa shape index (κ1) is 23.5. The van der Waals surface area contributed by atoms with Gasteiger partial charge < -0.3 is 15.2 Å². The van der Waals surface area contributed by atoms with E-state index in [1.54, 1.807) is 51.2 Å². The van der Waals surface area contributed by atoms with Gasteiger partial charge >= 0.3 is 6.09 Å². The van der Waals surface area contributed by atoms with Gasteiger partial charge in [-0.3, -0.25) is 19.1 Å². The molecule has 2 heterocycles. The van der Waals surface area contributed by atoms with Crippen LogP contribution in [-0.4, -0.2) is 50.7 Å². The molecule has 0 spiro atoms. The minimum Gasteiger partial charge on any atom is -0.444 e. The van der Waals surface area contributed by atoms with E-state index in [-0.39, 0.29) is 18.4 Å². The standard InChI is InChI=1S/C26H29N3O5/c1-26(2,3)34-25(33)28-14-8-13-22(28)23(31)27-20-11-6-4-10-19(20)24(32)29-15-17(16-30)18-9-5-7-12-21(18)29/h4-7,9-12,15,22,30H,8,13-14,16H2,1-3H3,(H,27,31). The summed E-state index contributed by atoms with van der Waals surface area (Å²) in [4.78, 5) is 40.7. The summed E-state index contributed by atoms with van der Waals surface area (Å²) in [6.45, 7) is 5.59. The van der Waals surface area contributed by atoms with Crippen molar-refractivity contribution >= 4 is 34.5 Å². The molecule has 0 radical (unpaired) electrons. The molecule has 1 fully saturated rings. The fourth-order valence-corrected chi connectivity index (χ4v) is 4.25. The molecule has 2 N–H and O–H groups in total. The van der Waals surface area contributed by atoms with Crippen LogP contribution in [-0.2, 0) is 16.1 Å². The van der Waals surface area contributed by atoms with E-state index < -0.39 is 17.7 Å². The number of para-hydroxylation sites is 2. The minimum absolute atomic E-state index is 0.193. The lowest BCUT2D eigenvalue weighted by atomic mass is 10.1. The summed E-state index contributed by atoms with van der Waals surface area (Å²) in [5.74, 6) is -0.695. The first-order valence-electron chi connectivity index (χ1n) is 11.3. The van der Waals surface area contributed by atoms with Gasteiger partial charge in [0.15, 0.2) is 0 Å². The molecule has 34 heavy (non-hydrogen) atoms. The lowest BCUT2D eigenvalue weighted by Gasteiger charge is -2.28. The summed E-state index contributed by atoms with van der Waals surface area (Å²) < 4.78 is 6.94. The molecule has 0 aliphatic carbocycles. The number of hydrogen-bond donors (Lipinski definition) is 2. The van der Waals surface area contributed by atoms with Crippen molar-refractivity contribution in [2.75, 3.05) is 11.9 Å². The predicted molar refractivity (Wildman–Crippen MR) is 129 cm³/mol. The van der Waals surface area contributed by atoms with Crippen LogP contribution in [0.5, 0.6) is 0 Å². The summed E-state index contributed by atoms with van der Waals surface area (Å²) in [6, 6.07) is 13.4. The van der Waals surface area contributed by atoms with Crippen molar-refractivity contribution in [1.82, 2.24) is 9.47 Å². The maximum absolute atomic E-state index is 13.5. The van der Waals surface area contributed by atoms with E-state index in [1.165, 1.54) is 9.47 Å². The van der Waals surface area contributed by atoms with Crippen molar-refractivity contribution in [3.8, 4) is 0 Å². The summed E-state index contributed by atoms with van der Waals surface area (Å²) >= 11 is 0. The quantitative estimate of drug-likeness (QED) is 0.605. The maximum Gasteiger partial charge on any atom is 0.410 e. The fraction of sp³-hybridized carbons (Fsp3) is 0.346. The van der Waals surface area contributed by atoms with Gasteiger partial charge in [-0.1, -0.05) is 30.3 Å². The van der Waals surface area contributed by atoms with Crippen LogP contribution in [0.2, 0.25) is 0 Å². The molecule has 1 aliphatic rings. The number of fused-ring (bicyclic) bond motifs is 1. The number of anilines is 1. The SMILES string of the molecule is CC(C)(C)OC(=O)N1CCCC1C(=O)Nc1ccccc1C(=O)n1cc(CO)c2ccccc21. The van der Waals surface area contributed by atoms with Gasteiger partial charge in [0.05, 0.1) is 23.4 Å². The number of carbonyl (C=O) groups is 3. The van der Waals surface area contributed by atoms with Crippen LogP contribution in [0.3, 0.4) is 0 Å². The number of aliphatic hydroxyl groups is 1. The number of benzene rings is 2. The van der Waals surface area contributed by atoms with Gasteiger partial charge in [-0.05, 0) is 51.8 Å². The zero-order chi connectivity index (χ0) is 24.5. The molecule has 1 aliphatic heterocycles. The zero-order valence-electron chi connectivity index (χ0n) is 19.6. The number of rotatable bonds is 4. The molecule has 2 amide bonds. The van der Waals surface area contributed by atoms with Gasteiger partial charge in [-0.2, -0.15) is 0 Å². The molecular formula is C26H29N3O5. The Bertz CT molecular complexity index is 1240. The van der Waals surface area contributed by atoms with Crippen LogP contribution in [0.1, 0.15) is 49.5 Å². The Kier molecular flexibility index (Phi) is 6.43. The van der Waals surface area contributed by atoms with E-state index in [9.17, 15) is 19.5 Å². The van der Waals surface area contributed by atoms with E-state index in [0.29, 0.717) is 41.7 Å². The number of carbonyl (C=O) groups excluding carboxylic acids is 3. The van der Waals surface area contributed by atoms with Gasteiger partial charge in [0, 0.05) is 23.7 Å². The largest absolute Gasteiger partial charge is 0.444 e. The van der Waals surface area contributed by atoms with E-state index in [2.05, 4.69) is 5.32 Å². The molecule has 1 atom stereocenters. The van der Waals surface area contributed by atoms with Gasteiger partial charge in [0.2, 0.25) is 5.91 Å². The number of nitrogens with one attached hydrogen (secondary N) is 1. The third-order valence-electron chi connectivity index (χ3n) is 5.78. The molecule has 1 aromatic heterocycles. The maximum atomic E-state index is 13.5. The Morgan fingerprint density at radius 3 is 2.53 bits per heavy atom. The molecule has 0 saturated carbocycles. The van der Waals surface area contributed by atoms with Crippen LogP contribution in [0.4, 0.5) is 10.5 Å². The molecule has 2 aromatic carbocycles. The highest BCUT2D eigenvalue weighted by atomic mass is 16.6. The van der Waals surface area contributed by atoms with Gasteiger partial charge in [-0.25, -0.2) is 4.79 Å². The molecular weight excluding hydrogens is 434 g/mol. The Morgan fingerprint density at radius 1 is 1.09 bits per heavy atom. The van der Waals surface area contributed by atoms with Crippen molar-refractivity contribution in [1.29, 1.82) is 0 Å². The Hall–Kier alpha value is -3.65. The first-order chi connectivity index (χ1) is 16.2. The monoisotopic (exact) mass is 463 g/mol. The summed E-state index contributed by atoms with van der Waals surface area (Å²) in [5, 5.41) is 13.4. The lowest BCUT2D eigenvalue weighted by Crippen LogP contribution is -2.45. The van der Waals surface area contributed by atoms with Crippen LogP contribution in [0, 0.1) is 0 Å². The number of hydrogen-bond acceptors (Lipinski definition) is 5. The number of amides is 2. The highest BCUT2D eigenvalue weighted by Crippen LogP contribution is 2.26. The van der Waals surface area contributed by atoms with Crippen molar-refractivity contribution in [2.24, 2.45) is 0 Å². The third-order valence-corrected chi connectivity index (χ3v) is 5.78. The molecule has 0 bridgehead atoms. The average molecular weight is 464 g/mol. The fourth-order valence-electron chi connectivity index (χ4n) is 4.25. The normalized spacial score (nSPS) is 16.0. The van der Waals surface area contributed by atoms with Crippen LogP contribution in [0.25, 0.3) is 10.9 Å². The molecule has 4 rings (SSSR count). The summed E-state index contributed by atoms with van der Waals surface area (Å²) in [6.07, 6.45) is 2.30. The molecule has 3 aromatic rings. The van der Waals surface area contributed by atoms with E-state index in [1.807, 2.05) is 24.3 Å². The highest BCUT2D eigenvalue weighted by Gasteiger charge is 2.37. The summed E-state index contributed by atoms with van der Waals surface area (Å²) in [7, 11) is 0. The van der Waals surface area contributed by atoms with E-state index in [4.69, 9.17) is 4.74 Å². The number of ether oxygens (including phenoxy) is 1. The average Bonchev–Trinajstić information content (AvgIpc) is 3.43. The van der Waals surface area contributed by atoms with E-state index in [0.717, 1.165) is 5.39 Å². The minimum atomic E-state index is -0.675. The highest BCUT2D eigenvalue weighted by molar-refractivity contribution is 6.09. The van der Waals surface area contributed by atoms with Crippen molar-refractivity contribution < 1.29 is 24.2 Å². The predicted octanol–water partition coefficient (Wildman–Crippen LogP) is 4.16. The molecule has 8 heteroatoms. The van der Waals surface area contributed by atoms with Crippen molar-refractivity contribution in [3.63, 3.8) is 0 Å². The van der Waals surface area contributed by atoms with Crippen LogP contribution < -0.4 is 5.32 Å². The Morgan fingerprint density at radius 2 is 1.79 bits per heavy atom. The molecule has 1 unspecified atom stereocenters. The van der Waals surface area contributed by atoms with Gasteiger partial charge in [0.1, 0.15) is 11.6 Å². The Labute approximate surface area is 198 Å². The smallest absolute Gasteiger partial charge is 0.410 e. The number of likely N-dealkylation sites (tertiary alicyclic amines) is 1. The second-order valence-electron chi connectivity index (χ2n) is 9.37. The lowest BCUT2D eigenvalue weighted by molar-refractivity contribution is -0.120. The molecule has 8 nitrogen and oxygen atoms in total. The second-order valence-corrected chi connectivity index (χ2v) is 9.37. The first-order valence-corrected chi connectivity index (χ1v) is 11.3. The number of aliphatic hydroxyl groups excluding tert-OH is 1. The summed E-state index contributed by atoms with van der Waals surface area (Å²) in [5.41, 5.74) is 1.32. The van der Waals surface area contributed by atoms with Crippen LogP contribution >= 0.6 is 0 Å². The second kappa shape index (κ2) is 9.30. The Balaban J connectivity index is 1.59. The number of nitrogens with zero attached hydrogens (tertiary/aromatic N) is 2. The van der Waals surface area contributed by atoms with Gasteiger partial charge in [-0.15, -0.1) is 0 Å².